The highest BCUT2D eigenvalue weighted by Crippen LogP contribution is 2.35. The molecule has 2 aliphatic heterocycles. The monoisotopic (exact) mass is 447 g/mol. The minimum atomic E-state index is -2.50. The zero-order valence-corrected chi connectivity index (χ0v) is 18.6. The molecule has 32 heavy (non-hydrogen) atoms. The molecule has 3 atom stereocenters. The van der Waals surface area contributed by atoms with Crippen LogP contribution in [-0.2, 0) is 11.2 Å². The number of halogens is 2. The lowest BCUT2D eigenvalue weighted by Crippen LogP contribution is -2.48. The fourth-order valence-corrected chi connectivity index (χ4v) is 4.93. The van der Waals surface area contributed by atoms with Crippen LogP contribution in [0.5, 0.6) is 5.75 Å². The smallest absolute Gasteiger partial charge is 0.260 e. The molecule has 9 heteroatoms. The van der Waals surface area contributed by atoms with Gasteiger partial charge in [0.15, 0.2) is 0 Å². The molecule has 1 saturated heterocycles. The molecule has 0 bridgehead atoms. The minimum absolute atomic E-state index is 0.128. The van der Waals surface area contributed by atoms with E-state index in [1.807, 2.05) is 17.0 Å². The largest absolute Gasteiger partial charge is 0.497 e. The van der Waals surface area contributed by atoms with Crippen molar-refractivity contribution in [2.75, 3.05) is 25.5 Å². The van der Waals surface area contributed by atoms with Crippen molar-refractivity contribution >= 4 is 11.9 Å². The number of carbonyl (C=O) groups excluding carboxylic acids is 1. The first-order valence-electron chi connectivity index (χ1n) is 11.3. The average Bonchev–Trinajstić information content (AvgIpc) is 3.28. The van der Waals surface area contributed by atoms with Gasteiger partial charge in [0.25, 0.3) is 6.43 Å². The first-order valence-corrected chi connectivity index (χ1v) is 11.3. The van der Waals surface area contributed by atoms with Crippen molar-refractivity contribution in [3.63, 3.8) is 0 Å². The van der Waals surface area contributed by atoms with Gasteiger partial charge in [-0.15, -0.1) is 0 Å². The molecule has 3 heterocycles. The third-order valence-electron chi connectivity index (χ3n) is 6.75. The topological polar surface area (TPSA) is 72.3 Å². The van der Waals surface area contributed by atoms with Crippen molar-refractivity contribution < 1.29 is 18.3 Å². The molecule has 1 fully saturated rings. The summed E-state index contributed by atoms with van der Waals surface area (Å²) in [6, 6.07) is 4.91. The van der Waals surface area contributed by atoms with E-state index < -0.39 is 12.5 Å². The van der Waals surface area contributed by atoms with Crippen LogP contribution in [0.1, 0.15) is 49.3 Å². The number of piperidine rings is 1. The number of amides is 1. The Kier molecular flexibility index (Phi) is 6.91. The van der Waals surface area contributed by atoms with Gasteiger partial charge in [-0.1, -0.05) is 6.07 Å². The molecule has 0 spiro atoms. The number of carbonyl (C=O) groups is 1. The molecule has 1 N–H and O–H groups in total. The summed E-state index contributed by atoms with van der Waals surface area (Å²) in [4.78, 5) is 18.9. The molecule has 0 saturated carbocycles. The second-order valence-electron chi connectivity index (χ2n) is 8.80. The second kappa shape index (κ2) is 9.83. The molecule has 0 aliphatic carbocycles. The standard InChI is InChI=1S/C23H31F2N5O2/c1-15-11-18(32-2)9-8-16(15)5-3-7-21(31)29-10-4-6-17(13-29)19-12-20(22(24)25)30-23(28-19)26-14-27-30/h8-9,11,14,17,19-20,22H,3-7,10,12-13H2,1-2H3,(H,26,27,28)/t17-,19-,20+/m0/s1. The Morgan fingerprint density at radius 1 is 1.38 bits per heavy atom. The van der Waals surface area contributed by atoms with E-state index in [1.165, 1.54) is 22.1 Å². The Labute approximate surface area is 187 Å². The maximum Gasteiger partial charge on any atom is 0.260 e. The summed E-state index contributed by atoms with van der Waals surface area (Å²) in [6.07, 6.45) is 3.01. The summed E-state index contributed by atoms with van der Waals surface area (Å²) in [7, 11) is 1.65. The van der Waals surface area contributed by atoms with Crippen molar-refractivity contribution in [2.24, 2.45) is 5.92 Å². The molecule has 1 aromatic carbocycles. The Hall–Kier alpha value is -2.71. The molecule has 2 aliphatic rings. The quantitative estimate of drug-likeness (QED) is 0.698. The van der Waals surface area contributed by atoms with E-state index >= 15 is 0 Å². The average molecular weight is 448 g/mol. The summed E-state index contributed by atoms with van der Waals surface area (Å²) < 4.78 is 33.7. The maximum absolute atomic E-state index is 13.6. The number of benzene rings is 1. The fraction of sp³-hybridized carbons (Fsp3) is 0.609. The summed E-state index contributed by atoms with van der Waals surface area (Å²) in [5.74, 6) is 1.50. The molecule has 7 nitrogen and oxygen atoms in total. The molecule has 1 amide bonds. The zero-order chi connectivity index (χ0) is 22.7. The first-order chi connectivity index (χ1) is 15.5. The van der Waals surface area contributed by atoms with Crippen molar-refractivity contribution in [1.29, 1.82) is 0 Å². The minimum Gasteiger partial charge on any atom is -0.497 e. The highest BCUT2D eigenvalue weighted by atomic mass is 19.3. The lowest BCUT2D eigenvalue weighted by atomic mass is 9.86. The van der Waals surface area contributed by atoms with Gasteiger partial charge in [0, 0.05) is 25.6 Å². The van der Waals surface area contributed by atoms with Gasteiger partial charge in [-0.05, 0) is 68.2 Å². The number of hydrogen-bond acceptors (Lipinski definition) is 5. The number of nitrogens with one attached hydrogen (secondary N) is 1. The summed E-state index contributed by atoms with van der Waals surface area (Å²) >= 11 is 0. The van der Waals surface area contributed by atoms with E-state index in [-0.39, 0.29) is 24.3 Å². The fourth-order valence-electron chi connectivity index (χ4n) is 4.93. The van der Waals surface area contributed by atoms with E-state index in [0.29, 0.717) is 18.9 Å². The van der Waals surface area contributed by atoms with E-state index in [4.69, 9.17) is 4.74 Å². The summed E-state index contributed by atoms with van der Waals surface area (Å²) in [6.45, 7) is 3.39. The number of rotatable bonds is 7. The van der Waals surface area contributed by atoms with Crippen molar-refractivity contribution in [1.82, 2.24) is 19.7 Å². The maximum atomic E-state index is 13.6. The normalized spacial score (nSPS) is 23.0. The lowest BCUT2D eigenvalue weighted by molar-refractivity contribution is -0.133. The van der Waals surface area contributed by atoms with Gasteiger partial charge in [-0.2, -0.15) is 10.1 Å². The zero-order valence-electron chi connectivity index (χ0n) is 18.6. The predicted molar refractivity (Wildman–Crippen MR) is 117 cm³/mol. The van der Waals surface area contributed by atoms with Crippen molar-refractivity contribution in [2.45, 2.75) is 64.0 Å². The van der Waals surface area contributed by atoms with Crippen LogP contribution >= 0.6 is 0 Å². The first kappa shape index (κ1) is 22.5. The molecule has 174 valence electrons. The van der Waals surface area contributed by atoms with Crippen LogP contribution in [0.4, 0.5) is 14.7 Å². The number of alkyl halides is 2. The number of hydrogen-bond donors (Lipinski definition) is 1. The van der Waals surface area contributed by atoms with Crippen LogP contribution in [0.15, 0.2) is 24.5 Å². The number of ether oxygens (including phenoxy) is 1. The number of aromatic nitrogens is 3. The van der Waals surface area contributed by atoms with Gasteiger partial charge in [-0.25, -0.2) is 13.5 Å². The molecule has 4 rings (SSSR count). The van der Waals surface area contributed by atoms with Gasteiger partial charge in [0.05, 0.1) is 7.11 Å². The van der Waals surface area contributed by atoms with Crippen LogP contribution in [0.25, 0.3) is 0 Å². The Morgan fingerprint density at radius 3 is 2.97 bits per heavy atom. The van der Waals surface area contributed by atoms with Gasteiger partial charge >= 0.3 is 0 Å². The second-order valence-corrected chi connectivity index (χ2v) is 8.80. The van der Waals surface area contributed by atoms with Crippen LogP contribution in [0.3, 0.4) is 0 Å². The Morgan fingerprint density at radius 2 is 2.22 bits per heavy atom. The SMILES string of the molecule is COc1ccc(CCCC(=O)N2CCC[C@H]([C@@H]3C[C@H](C(F)F)n4ncnc4N3)C2)c(C)c1. The third kappa shape index (κ3) is 4.86. The number of anilines is 1. The number of fused-ring (bicyclic) bond motifs is 1. The Balaban J connectivity index is 1.31. The van der Waals surface area contributed by atoms with Crippen LogP contribution in [0, 0.1) is 12.8 Å². The highest BCUT2D eigenvalue weighted by Gasteiger charge is 2.38. The lowest BCUT2D eigenvalue weighted by Gasteiger charge is -2.40. The van der Waals surface area contributed by atoms with Crippen LogP contribution < -0.4 is 10.1 Å². The van der Waals surface area contributed by atoms with Crippen LogP contribution in [0.2, 0.25) is 0 Å². The molecular weight excluding hydrogens is 416 g/mol. The summed E-state index contributed by atoms with van der Waals surface area (Å²) in [5, 5.41) is 7.23. The Bertz CT molecular complexity index is 935. The number of aryl methyl sites for hydroxylation is 2. The summed E-state index contributed by atoms with van der Waals surface area (Å²) in [5.41, 5.74) is 2.39. The molecule has 0 unspecified atom stereocenters. The van der Waals surface area contributed by atoms with Crippen LogP contribution in [-0.4, -0.2) is 58.2 Å². The molecule has 2 aromatic rings. The van der Waals surface area contributed by atoms with Crippen molar-refractivity contribution in [3.8, 4) is 5.75 Å². The number of likely N-dealkylation sites (tertiary alicyclic amines) is 1. The van der Waals surface area contributed by atoms with Gasteiger partial charge in [0.1, 0.15) is 18.1 Å². The molecule has 0 radical (unpaired) electrons. The van der Waals surface area contributed by atoms with E-state index in [0.717, 1.165) is 38.0 Å². The predicted octanol–water partition coefficient (Wildman–Crippen LogP) is 3.85. The third-order valence-corrected chi connectivity index (χ3v) is 6.75. The van der Waals surface area contributed by atoms with E-state index in [9.17, 15) is 13.6 Å². The molecular formula is C23H31F2N5O2. The molecule has 1 aromatic heterocycles. The van der Waals surface area contributed by atoms with E-state index in [2.05, 4.69) is 28.4 Å². The van der Waals surface area contributed by atoms with E-state index in [1.54, 1.807) is 7.11 Å². The number of methoxy groups -OCH3 is 1. The van der Waals surface area contributed by atoms with Gasteiger partial charge in [-0.3, -0.25) is 4.79 Å². The van der Waals surface area contributed by atoms with Gasteiger partial charge in [0.2, 0.25) is 11.9 Å². The van der Waals surface area contributed by atoms with Crippen molar-refractivity contribution in [3.05, 3.63) is 35.7 Å². The highest BCUT2D eigenvalue weighted by molar-refractivity contribution is 5.76. The number of nitrogens with zero attached hydrogens (tertiary/aromatic N) is 4. The van der Waals surface area contributed by atoms with Gasteiger partial charge < -0.3 is 15.0 Å².